The van der Waals surface area contributed by atoms with Crippen LogP contribution < -0.4 is 5.32 Å². The maximum atomic E-state index is 12.8. The van der Waals surface area contributed by atoms with Gasteiger partial charge >= 0.3 is 0 Å². The lowest BCUT2D eigenvalue weighted by Crippen LogP contribution is -2.16. The fourth-order valence-electron chi connectivity index (χ4n) is 2.93. The number of hydrogen-bond acceptors (Lipinski definition) is 4. The van der Waals surface area contributed by atoms with E-state index in [9.17, 15) is 14.9 Å². The van der Waals surface area contributed by atoms with E-state index < -0.39 is 10.8 Å². The van der Waals surface area contributed by atoms with E-state index in [0.29, 0.717) is 5.82 Å². The second kappa shape index (κ2) is 7.50. The van der Waals surface area contributed by atoms with Gasteiger partial charge in [0.15, 0.2) is 0 Å². The Hall–Kier alpha value is -3.48. The second-order valence-electron chi connectivity index (χ2n) is 8.06. The molecule has 3 rings (SSSR count). The zero-order chi connectivity index (χ0) is 21.3. The summed E-state index contributed by atoms with van der Waals surface area (Å²) < 4.78 is 1.72. The predicted molar refractivity (Wildman–Crippen MR) is 113 cm³/mol. The number of carbonyl (C=O) groups excluding carboxylic acids is 1. The van der Waals surface area contributed by atoms with Crippen molar-refractivity contribution in [2.45, 2.75) is 40.0 Å². The molecule has 1 N–H and O–H groups in total. The lowest BCUT2D eigenvalue weighted by Gasteiger charge is -2.15. The van der Waals surface area contributed by atoms with Crippen molar-refractivity contribution < 1.29 is 9.72 Å². The molecule has 0 fully saturated rings. The molecule has 1 heterocycles. The number of nitro benzene ring substituents is 1. The van der Waals surface area contributed by atoms with Gasteiger partial charge in [0.25, 0.3) is 11.6 Å². The quantitative estimate of drug-likeness (QED) is 0.502. The van der Waals surface area contributed by atoms with E-state index in [1.807, 2.05) is 38.1 Å². The number of hydrogen-bond donors (Lipinski definition) is 1. The molecule has 2 aromatic carbocycles. The van der Waals surface area contributed by atoms with Crippen LogP contribution >= 0.6 is 0 Å². The topological polar surface area (TPSA) is 90.1 Å². The molecule has 0 radical (unpaired) electrons. The number of amides is 1. The molecule has 0 aliphatic rings. The van der Waals surface area contributed by atoms with Crippen molar-refractivity contribution in [1.29, 1.82) is 0 Å². The van der Waals surface area contributed by atoms with Gasteiger partial charge in [-0.3, -0.25) is 14.9 Å². The van der Waals surface area contributed by atoms with Gasteiger partial charge in [-0.25, -0.2) is 4.68 Å². The fourth-order valence-corrected chi connectivity index (χ4v) is 2.93. The third-order valence-electron chi connectivity index (χ3n) is 4.84. The highest BCUT2D eigenvalue weighted by molar-refractivity contribution is 6.04. The van der Waals surface area contributed by atoms with Gasteiger partial charge < -0.3 is 5.32 Å². The van der Waals surface area contributed by atoms with Crippen molar-refractivity contribution in [3.05, 3.63) is 81.0 Å². The highest BCUT2D eigenvalue weighted by atomic mass is 16.6. The van der Waals surface area contributed by atoms with Gasteiger partial charge in [-0.05, 0) is 37.1 Å². The second-order valence-corrected chi connectivity index (χ2v) is 8.06. The Morgan fingerprint density at radius 1 is 1.10 bits per heavy atom. The molecule has 3 aromatic rings. The molecule has 0 bridgehead atoms. The van der Waals surface area contributed by atoms with Crippen LogP contribution in [0.25, 0.3) is 5.69 Å². The van der Waals surface area contributed by atoms with Gasteiger partial charge in [-0.1, -0.05) is 39.0 Å². The van der Waals surface area contributed by atoms with E-state index in [-0.39, 0.29) is 16.7 Å². The number of aromatic nitrogens is 2. The SMILES string of the molecule is Cc1cccc(-n2nc(C(C)(C)C)cc2NC(=O)c2cccc([N+](=O)[O-])c2)c1C. The minimum absolute atomic E-state index is 0.129. The van der Waals surface area contributed by atoms with Crippen molar-refractivity contribution >= 4 is 17.4 Å². The first kappa shape index (κ1) is 20.3. The van der Waals surface area contributed by atoms with Crippen molar-refractivity contribution in [2.24, 2.45) is 0 Å². The van der Waals surface area contributed by atoms with Crippen molar-refractivity contribution in [3.8, 4) is 5.69 Å². The van der Waals surface area contributed by atoms with Gasteiger partial charge in [0.2, 0.25) is 0 Å². The van der Waals surface area contributed by atoms with E-state index in [1.54, 1.807) is 10.7 Å². The summed E-state index contributed by atoms with van der Waals surface area (Å²) in [4.78, 5) is 23.3. The zero-order valence-corrected chi connectivity index (χ0v) is 17.2. The minimum atomic E-state index is -0.519. The number of non-ortho nitro benzene ring substituents is 1. The van der Waals surface area contributed by atoms with Crippen molar-refractivity contribution in [3.63, 3.8) is 0 Å². The Labute approximate surface area is 169 Å². The van der Waals surface area contributed by atoms with Crippen LogP contribution in [0, 0.1) is 24.0 Å². The highest BCUT2D eigenvalue weighted by Crippen LogP contribution is 2.28. The molecule has 1 amide bonds. The Bertz CT molecular complexity index is 1090. The number of nitrogens with one attached hydrogen (secondary N) is 1. The molecular formula is C22H24N4O3. The van der Waals surface area contributed by atoms with Gasteiger partial charge in [-0.15, -0.1) is 0 Å². The summed E-state index contributed by atoms with van der Waals surface area (Å²) in [6.45, 7) is 10.2. The summed E-state index contributed by atoms with van der Waals surface area (Å²) in [5, 5.41) is 18.6. The van der Waals surface area contributed by atoms with Crippen LogP contribution in [0.3, 0.4) is 0 Å². The Morgan fingerprint density at radius 2 is 1.79 bits per heavy atom. The van der Waals surface area contributed by atoms with Gasteiger partial charge in [0.1, 0.15) is 5.82 Å². The molecule has 0 unspecified atom stereocenters. The van der Waals surface area contributed by atoms with E-state index in [4.69, 9.17) is 5.10 Å². The van der Waals surface area contributed by atoms with Crippen molar-refractivity contribution in [1.82, 2.24) is 9.78 Å². The number of benzene rings is 2. The standard InChI is InChI=1S/C22H24N4O3/c1-14-8-6-11-18(15(14)2)25-20(13-19(24-25)22(3,4)5)23-21(27)16-9-7-10-17(12-16)26(28)29/h6-13H,1-5H3,(H,23,27). The maximum Gasteiger partial charge on any atom is 0.270 e. The fraction of sp³-hybridized carbons (Fsp3) is 0.273. The van der Waals surface area contributed by atoms with Crippen LogP contribution in [-0.4, -0.2) is 20.6 Å². The molecule has 7 nitrogen and oxygen atoms in total. The third-order valence-corrected chi connectivity index (χ3v) is 4.84. The average molecular weight is 392 g/mol. The molecule has 7 heteroatoms. The number of carbonyl (C=O) groups is 1. The number of rotatable bonds is 4. The van der Waals surface area contributed by atoms with Crippen LogP contribution in [0.1, 0.15) is 48.0 Å². The molecule has 29 heavy (non-hydrogen) atoms. The van der Waals surface area contributed by atoms with Crippen LogP contribution in [0.2, 0.25) is 0 Å². The first-order valence-corrected chi connectivity index (χ1v) is 9.31. The molecule has 150 valence electrons. The van der Waals surface area contributed by atoms with Crippen LogP contribution in [0.5, 0.6) is 0 Å². The lowest BCUT2D eigenvalue weighted by atomic mass is 9.92. The summed E-state index contributed by atoms with van der Waals surface area (Å²) in [6.07, 6.45) is 0. The molecule has 0 spiro atoms. The Balaban J connectivity index is 2.05. The van der Waals surface area contributed by atoms with Crippen LogP contribution in [0.15, 0.2) is 48.5 Å². The summed E-state index contributed by atoms with van der Waals surface area (Å²) in [5.74, 6) is 0.0840. The minimum Gasteiger partial charge on any atom is -0.306 e. The predicted octanol–water partition coefficient (Wildman–Crippen LogP) is 4.95. The highest BCUT2D eigenvalue weighted by Gasteiger charge is 2.23. The summed E-state index contributed by atoms with van der Waals surface area (Å²) in [7, 11) is 0. The summed E-state index contributed by atoms with van der Waals surface area (Å²) in [5.41, 5.74) is 3.74. The van der Waals surface area contributed by atoms with Gasteiger partial charge in [0.05, 0.1) is 16.3 Å². The molecule has 0 aliphatic heterocycles. The zero-order valence-electron chi connectivity index (χ0n) is 17.2. The molecular weight excluding hydrogens is 368 g/mol. The van der Waals surface area contributed by atoms with E-state index in [0.717, 1.165) is 22.5 Å². The molecule has 0 saturated heterocycles. The number of nitro groups is 1. The van der Waals surface area contributed by atoms with E-state index >= 15 is 0 Å². The van der Waals surface area contributed by atoms with Gasteiger partial charge in [0, 0.05) is 29.2 Å². The molecule has 1 aromatic heterocycles. The van der Waals surface area contributed by atoms with Crippen LogP contribution in [-0.2, 0) is 5.41 Å². The molecule has 0 saturated carbocycles. The lowest BCUT2D eigenvalue weighted by molar-refractivity contribution is -0.384. The van der Waals surface area contributed by atoms with Crippen molar-refractivity contribution in [2.75, 3.05) is 5.32 Å². The van der Waals surface area contributed by atoms with Gasteiger partial charge in [-0.2, -0.15) is 5.10 Å². The number of nitrogens with zero attached hydrogens (tertiary/aromatic N) is 3. The number of aryl methyl sites for hydroxylation is 1. The first-order valence-electron chi connectivity index (χ1n) is 9.31. The average Bonchev–Trinajstić information content (AvgIpc) is 3.08. The Morgan fingerprint density at radius 3 is 2.45 bits per heavy atom. The monoisotopic (exact) mass is 392 g/mol. The molecule has 0 aliphatic carbocycles. The van der Waals surface area contributed by atoms with Crippen LogP contribution in [0.4, 0.5) is 11.5 Å². The third kappa shape index (κ3) is 4.18. The largest absolute Gasteiger partial charge is 0.306 e. The smallest absolute Gasteiger partial charge is 0.270 e. The first-order chi connectivity index (χ1) is 13.6. The normalized spacial score (nSPS) is 11.3. The Kier molecular flexibility index (Phi) is 5.24. The van der Waals surface area contributed by atoms with E-state index in [2.05, 4.69) is 26.1 Å². The summed E-state index contributed by atoms with van der Waals surface area (Å²) in [6, 6.07) is 13.4. The maximum absolute atomic E-state index is 12.8. The number of anilines is 1. The van der Waals surface area contributed by atoms with E-state index in [1.165, 1.54) is 18.2 Å². The molecule has 0 atom stereocenters. The summed E-state index contributed by atoms with van der Waals surface area (Å²) >= 11 is 0.